The highest BCUT2D eigenvalue weighted by molar-refractivity contribution is 5.69. The van der Waals surface area contributed by atoms with Crippen LogP contribution in [0.3, 0.4) is 0 Å². The van der Waals surface area contributed by atoms with E-state index < -0.39 is 0 Å². The first kappa shape index (κ1) is 13.2. The Morgan fingerprint density at radius 3 is 2.72 bits per heavy atom. The van der Waals surface area contributed by atoms with E-state index in [0.717, 1.165) is 24.7 Å². The minimum atomic E-state index is 0.849. The largest absolute Gasteiger partial charge is 0.386 e. The maximum absolute atomic E-state index is 3.27. The lowest BCUT2D eigenvalue weighted by molar-refractivity contribution is 0.285. The molecule has 99 valence electrons. The number of rotatable bonds is 4. The number of hydrogen-bond acceptors (Lipinski definition) is 3. The minimum Gasteiger partial charge on any atom is -0.386 e. The van der Waals surface area contributed by atoms with Gasteiger partial charge < -0.3 is 15.1 Å². The van der Waals surface area contributed by atoms with Gasteiger partial charge in [-0.25, -0.2) is 0 Å². The Balaban J connectivity index is 1.97. The number of hydrogen-bond donors (Lipinski definition) is 1. The normalized spacial score (nSPS) is 17.2. The molecule has 1 saturated heterocycles. The van der Waals surface area contributed by atoms with Gasteiger partial charge in [-0.15, -0.1) is 0 Å². The van der Waals surface area contributed by atoms with E-state index in [1.54, 1.807) is 0 Å². The van der Waals surface area contributed by atoms with Crippen LogP contribution >= 0.6 is 0 Å². The average Bonchev–Trinajstić information content (AvgIpc) is 2.39. The van der Waals surface area contributed by atoms with Crippen molar-refractivity contribution in [2.45, 2.75) is 12.8 Å². The van der Waals surface area contributed by atoms with E-state index in [1.165, 1.54) is 25.1 Å². The van der Waals surface area contributed by atoms with Crippen LogP contribution < -0.4 is 10.2 Å². The van der Waals surface area contributed by atoms with E-state index >= 15 is 0 Å². The van der Waals surface area contributed by atoms with E-state index in [4.69, 9.17) is 0 Å². The lowest BCUT2D eigenvalue weighted by Crippen LogP contribution is -2.37. The number of piperidine rings is 1. The fraction of sp³-hybridized carbons (Fsp3) is 0.600. The summed E-state index contributed by atoms with van der Waals surface area (Å²) in [6, 6.07) is 9.49. The third-order valence-corrected chi connectivity index (χ3v) is 3.66. The Morgan fingerprint density at radius 1 is 1.39 bits per heavy atom. The molecule has 1 aromatic carbocycles. The van der Waals surface area contributed by atoms with Gasteiger partial charge in [0, 0.05) is 32.7 Å². The van der Waals surface area contributed by atoms with Gasteiger partial charge in [0.2, 0.25) is 0 Å². The van der Waals surface area contributed by atoms with Crippen LogP contribution in [-0.2, 0) is 0 Å². The predicted molar refractivity (Wildman–Crippen MR) is 78.3 cm³/mol. The highest BCUT2D eigenvalue weighted by Gasteiger charge is 2.21. The lowest BCUT2D eigenvalue weighted by Gasteiger charge is -2.35. The summed E-state index contributed by atoms with van der Waals surface area (Å²) in [5, 5.41) is 3.23. The lowest BCUT2D eigenvalue weighted by atomic mass is 9.96. The molecule has 1 aliphatic rings. The molecule has 1 radical (unpaired) electrons. The van der Waals surface area contributed by atoms with Crippen molar-refractivity contribution in [2.75, 3.05) is 51.0 Å². The van der Waals surface area contributed by atoms with Crippen molar-refractivity contribution in [1.29, 1.82) is 0 Å². The van der Waals surface area contributed by atoms with E-state index in [1.807, 2.05) is 13.1 Å². The summed E-state index contributed by atoms with van der Waals surface area (Å²) in [7, 11) is 6.30. The second-order valence-corrected chi connectivity index (χ2v) is 5.37. The maximum atomic E-state index is 3.27. The molecule has 0 unspecified atom stereocenters. The van der Waals surface area contributed by atoms with E-state index in [0.29, 0.717) is 0 Å². The van der Waals surface area contributed by atoms with Crippen LogP contribution in [0.15, 0.2) is 18.2 Å². The van der Waals surface area contributed by atoms with Crippen LogP contribution in [0, 0.1) is 12.0 Å². The topological polar surface area (TPSA) is 18.5 Å². The predicted octanol–water partition coefficient (Wildman–Crippen LogP) is 2.31. The molecule has 3 heteroatoms. The number of anilines is 2. The van der Waals surface area contributed by atoms with Crippen LogP contribution in [0.4, 0.5) is 11.4 Å². The standard InChI is InChI=1S/C15H24N3/c1-16-14-6-4-5-7-15(14)18-10-8-13(9-11-18)12-17(2)3/h4-5,7,13,16H,8-12H2,1-3H3. The second kappa shape index (κ2) is 6.10. The number of nitrogens with one attached hydrogen (secondary N) is 1. The van der Waals surface area contributed by atoms with Gasteiger partial charge in [-0.3, -0.25) is 0 Å². The number of nitrogens with zero attached hydrogens (tertiary/aromatic N) is 2. The third-order valence-electron chi connectivity index (χ3n) is 3.66. The molecule has 0 saturated carbocycles. The zero-order valence-electron chi connectivity index (χ0n) is 11.7. The molecule has 0 spiro atoms. The van der Waals surface area contributed by atoms with Crippen molar-refractivity contribution < 1.29 is 0 Å². The fourth-order valence-corrected chi connectivity index (χ4v) is 2.76. The van der Waals surface area contributed by atoms with E-state index in [2.05, 4.69) is 47.4 Å². The zero-order valence-corrected chi connectivity index (χ0v) is 11.7. The average molecular weight is 246 g/mol. The van der Waals surface area contributed by atoms with Crippen LogP contribution in [0.25, 0.3) is 0 Å². The Bertz CT molecular complexity index is 368. The van der Waals surface area contributed by atoms with E-state index in [9.17, 15) is 0 Å². The molecule has 1 heterocycles. The van der Waals surface area contributed by atoms with Gasteiger partial charge in [0.25, 0.3) is 0 Å². The Morgan fingerprint density at radius 2 is 2.11 bits per heavy atom. The Hall–Kier alpha value is -1.22. The molecule has 1 fully saturated rings. The molecule has 18 heavy (non-hydrogen) atoms. The number of benzene rings is 1. The van der Waals surface area contributed by atoms with Gasteiger partial charge >= 0.3 is 0 Å². The molecular weight excluding hydrogens is 222 g/mol. The summed E-state index contributed by atoms with van der Waals surface area (Å²) in [5.74, 6) is 0.849. The Labute approximate surface area is 111 Å². The van der Waals surface area contributed by atoms with Crippen LogP contribution in [0.2, 0.25) is 0 Å². The molecule has 3 nitrogen and oxygen atoms in total. The van der Waals surface area contributed by atoms with Crippen molar-refractivity contribution in [3.8, 4) is 0 Å². The van der Waals surface area contributed by atoms with Crippen molar-refractivity contribution >= 4 is 11.4 Å². The van der Waals surface area contributed by atoms with E-state index in [-0.39, 0.29) is 0 Å². The van der Waals surface area contributed by atoms with Crippen LogP contribution in [-0.4, -0.2) is 45.7 Å². The monoisotopic (exact) mass is 246 g/mol. The van der Waals surface area contributed by atoms with Gasteiger partial charge in [-0.2, -0.15) is 0 Å². The fourth-order valence-electron chi connectivity index (χ4n) is 2.76. The number of para-hydroxylation sites is 1. The summed E-state index contributed by atoms with van der Waals surface area (Å²) in [6.07, 6.45) is 2.58. The molecule has 1 aliphatic heterocycles. The van der Waals surface area contributed by atoms with Crippen LogP contribution in [0.1, 0.15) is 12.8 Å². The first-order chi connectivity index (χ1) is 8.70. The van der Waals surface area contributed by atoms with Crippen molar-refractivity contribution in [1.82, 2.24) is 4.90 Å². The van der Waals surface area contributed by atoms with Crippen molar-refractivity contribution in [2.24, 2.45) is 5.92 Å². The van der Waals surface area contributed by atoms with Gasteiger partial charge in [0.15, 0.2) is 0 Å². The zero-order chi connectivity index (χ0) is 13.0. The second-order valence-electron chi connectivity index (χ2n) is 5.37. The highest BCUT2D eigenvalue weighted by atomic mass is 15.2. The Kier molecular flexibility index (Phi) is 4.48. The maximum Gasteiger partial charge on any atom is 0.0655 e. The summed E-state index contributed by atoms with van der Waals surface area (Å²) in [5.41, 5.74) is 2.41. The quantitative estimate of drug-likeness (QED) is 0.879. The summed E-state index contributed by atoms with van der Waals surface area (Å²) in [4.78, 5) is 4.78. The van der Waals surface area contributed by atoms with Crippen LogP contribution in [0.5, 0.6) is 0 Å². The first-order valence-electron chi connectivity index (χ1n) is 6.79. The smallest absolute Gasteiger partial charge is 0.0655 e. The molecule has 1 aromatic rings. The molecule has 2 rings (SSSR count). The molecule has 1 N–H and O–H groups in total. The molecule has 0 aliphatic carbocycles. The van der Waals surface area contributed by atoms with Crippen molar-refractivity contribution in [3.63, 3.8) is 0 Å². The highest BCUT2D eigenvalue weighted by Crippen LogP contribution is 2.29. The molecule has 0 atom stereocenters. The third kappa shape index (κ3) is 3.16. The molecular formula is C15H24N3. The van der Waals surface area contributed by atoms with Crippen molar-refractivity contribution in [3.05, 3.63) is 24.3 Å². The molecule has 0 aromatic heterocycles. The summed E-state index contributed by atoms with van der Waals surface area (Å²) in [6.45, 7) is 3.53. The summed E-state index contributed by atoms with van der Waals surface area (Å²) >= 11 is 0. The van der Waals surface area contributed by atoms with Gasteiger partial charge in [-0.05, 0) is 38.9 Å². The van der Waals surface area contributed by atoms with Gasteiger partial charge in [0.1, 0.15) is 0 Å². The van der Waals surface area contributed by atoms with Gasteiger partial charge in [-0.1, -0.05) is 12.1 Å². The van der Waals surface area contributed by atoms with Gasteiger partial charge in [0.05, 0.1) is 11.4 Å². The molecule has 0 bridgehead atoms. The SMILES string of the molecule is CNc1[c]cccc1N1CCC(CN(C)C)CC1. The molecule has 0 amide bonds. The summed E-state index contributed by atoms with van der Waals surface area (Å²) < 4.78 is 0. The minimum absolute atomic E-state index is 0.849. The first-order valence-corrected chi connectivity index (χ1v) is 6.79.